The topological polar surface area (TPSA) is 15.3 Å². The van der Waals surface area contributed by atoms with Crippen LogP contribution in [-0.4, -0.2) is 36.6 Å². The van der Waals surface area contributed by atoms with Crippen molar-refractivity contribution >= 4 is 0 Å². The Morgan fingerprint density at radius 3 is 2.31 bits per heavy atom. The summed E-state index contributed by atoms with van der Waals surface area (Å²) in [5.74, 6) is 0.966. The minimum atomic E-state index is 0.845. The molecule has 0 radical (unpaired) electrons. The lowest BCUT2D eigenvalue weighted by atomic mass is 9.87. The highest BCUT2D eigenvalue weighted by atomic mass is 15.2. The number of nitrogens with one attached hydrogen (secondary N) is 1. The monoisotopic (exact) mass is 224 g/mol. The molecule has 0 aliphatic carbocycles. The number of rotatable bonds is 4. The van der Waals surface area contributed by atoms with Gasteiger partial charge in [0.2, 0.25) is 0 Å². The first-order valence-corrected chi connectivity index (χ1v) is 7.32. The van der Waals surface area contributed by atoms with Gasteiger partial charge in [0.1, 0.15) is 0 Å². The molecule has 94 valence electrons. The fraction of sp³-hybridized carbons (Fsp3) is 1.00. The van der Waals surface area contributed by atoms with Crippen LogP contribution < -0.4 is 5.32 Å². The maximum Gasteiger partial charge on any atom is 0.00967 e. The summed E-state index contributed by atoms with van der Waals surface area (Å²) in [7, 11) is 0. The first-order valence-electron chi connectivity index (χ1n) is 7.32. The van der Waals surface area contributed by atoms with E-state index in [1.807, 2.05) is 0 Å². The summed E-state index contributed by atoms with van der Waals surface area (Å²) in [6.45, 7) is 8.61. The van der Waals surface area contributed by atoms with Crippen LogP contribution in [0.1, 0.15) is 52.4 Å². The van der Waals surface area contributed by atoms with Gasteiger partial charge in [-0.3, -0.25) is 0 Å². The van der Waals surface area contributed by atoms with E-state index < -0.39 is 0 Å². The first kappa shape index (κ1) is 12.4. The molecule has 2 aliphatic heterocycles. The predicted molar refractivity (Wildman–Crippen MR) is 69.7 cm³/mol. The fourth-order valence-corrected chi connectivity index (χ4v) is 3.61. The van der Waals surface area contributed by atoms with Crippen LogP contribution >= 0.6 is 0 Å². The van der Waals surface area contributed by atoms with E-state index in [0.29, 0.717) is 0 Å². The molecule has 2 heterocycles. The zero-order valence-electron chi connectivity index (χ0n) is 11.0. The van der Waals surface area contributed by atoms with Crippen LogP contribution in [0.25, 0.3) is 0 Å². The average Bonchev–Trinajstić information content (AvgIpc) is 2.85. The summed E-state index contributed by atoms with van der Waals surface area (Å²) in [6.07, 6.45) is 8.32. The number of hydrogen-bond acceptors (Lipinski definition) is 2. The van der Waals surface area contributed by atoms with E-state index in [2.05, 4.69) is 24.1 Å². The number of hydrogen-bond donors (Lipinski definition) is 1. The van der Waals surface area contributed by atoms with Gasteiger partial charge in [-0.1, -0.05) is 13.8 Å². The summed E-state index contributed by atoms with van der Waals surface area (Å²) in [4.78, 5) is 2.73. The van der Waals surface area contributed by atoms with Gasteiger partial charge < -0.3 is 10.2 Å². The Morgan fingerprint density at radius 2 is 1.81 bits per heavy atom. The lowest BCUT2D eigenvalue weighted by Crippen LogP contribution is -2.44. The summed E-state index contributed by atoms with van der Waals surface area (Å²) < 4.78 is 0. The predicted octanol–water partition coefficient (Wildman–Crippen LogP) is 2.64. The quantitative estimate of drug-likeness (QED) is 0.790. The van der Waals surface area contributed by atoms with Gasteiger partial charge in [0.25, 0.3) is 0 Å². The van der Waals surface area contributed by atoms with Gasteiger partial charge in [-0.2, -0.15) is 0 Å². The Hall–Kier alpha value is -0.0800. The molecule has 0 aromatic heterocycles. The molecule has 0 aromatic carbocycles. The molecule has 16 heavy (non-hydrogen) atoms. The van der Waals surface area contributed by atoms with E-state index >= 15 is 0 Å². The lowest BCUT2D eigenvalue weighted by molar-refractivity contribution is 0.113. The van der Waals surface area contributed by atoms with Gasteiger partial charge in [-0.05, 0) is 64.1 Å². The highest BCUT2D eigenvalue weighted by Crippen LogP contribution is 2.27. The molecule has 0 bridgehead atoms. The average molecular weight is 224 g/mol. The molecule has 2 nitrogen and oxygen atoms in total. The molecule has 2 heteroatoms. The summed E-state index contributed by atoms with van der Waals surface area (Å²) in [6, 6.07) is 1.70. The van der Waals surface area contributed by atoms with Gasteiger partial charge in [0, 0.05) is 12.1 Å². The molecule has 2 fully saturated rings. The fourth-order valence-electron chi connectivity index (χ4n) is 3.61. The van der Waals surface area contributed by atoms with Crippen molar-refractivity contribution in [3.8, 4) is 0 Å². The van der Waals surface area contributed by atoms with Gasteiger partial charge in [-0.25, -0.2) is 0 Å². The van der Waals surface area contributed by atoms with Crippen molar-refractivity contribution in [3.05, 3.63) is 0 Å². The van der Waals surface area contributed by atoms with Crippen molar-refractivity contribution in [2.45, 2.75) is 64.5 Å². The van der Waals surface area contributed by atoms with Crippen molar-refractivity contribution in [2.24, 2.45) is 5.92 Å². The van der Waals surface area contributed by atoms with Crippen LogP contribution in [0.15, 0.2) is 0 Å². The number of likely N-dealkylation sites (tertiary alicyclic amines) is 1. The molecular weight excluding hydrogens is 196 g/mol. The normalized spacial score (nSPS) is 29.1. The Labute approximate surface area is 101 Å². The largest absolute Gasteiger partial charge is 0.314 e. The van der Waals surface area contributed by atoms with Crippen LogP contribution in [0.3, 0.4) is 0 Å². The van der Waals surface area contributed by atoms with Crippen molar-refractivity contribution in [1.29, 1.82) is 0 Å². The second-order valence-corrected chi connectivity index (χ2v) is 5.55. The lowest BCUT2D eigenvalue weighted by Gasteiger charge is -2.38. The minimum Gasteiger partial charge on any atom is -0.314 e. The Morgan fingerprint density at radius 1 is 1.12 bits per heavy atom. The molecule has 0 spiro atoms. The summed E-state index contributed by atoms with van der Waals surface area (Å²) >= 11 is 0. The Kier molecular flexibility index (Phi) is 4.66. The molecule has 2 saturated heterocycles. The summed E-state index contributed by atoms with van der Waals surface area (Å²) in [5.41, 5.74) is 0. The van der Waals surface area contributed by atoms with Gasteiger partial charge in [-0.15, -0.1) is 0 Å². The number of piperidine rings is 1. The van der Waals surface area contributed by atoms with E-state index in [1.54, 1.807) is 0 Å². The second-order valence-electron chi connectivity index (χ2n) is 5.55. The van der Waals surface area contributed by atoms with Crippen molar-refractivity contribution < 1.29 is 0 Å². The molecule has 0 saturated carbocycles. The van der Waals surface area contributed by atoms with Gasteiger partial charge in [0.05, 0.1) is 0 Å². The molecule has 2 aliphatic rings. The molecule has 0 aromatic rings. The van der Waals surface area contributed by atoms with Crippen molar-refractivity contribution in [1.82, 2.24) is 10.2 Å². The minimum absolute atomic E-state index is 0.845. The van der Waals surface area contributed by atoms with Gasteiger partial charge >= 0.3 is 0 Å². The zero-order chi connectivity index (χ0) is 11.4. The van der Waals surface area contributed by atoms with Crippen molar-refractivity contribution in [3.63, 3.8) is 0 Å². The maximum absolute atomic E-state index is 3.68. The molecule has 1 N–H and O–H groups in total. The van der Waals surface area contributed by atoms with E-state index in [1.165, 1.54) is 58.2 Å². The third-order valence-electron chi connectivity index (χ3n) is 4.70. The second kappa shape index (κ2) is 6.02. The van der Waals surface area contributed by atoms with Crippen LogP contribution in [0.2, 0.25) is 0 Å². The van der Waals surface area contributed by atoms with Crippen LogP contribution in [0.4, 0.5) is 0 Å². The molecule has 1 atom stereocenters. The molecule has 0 amide bonds. The van der Waals surface area contributed by atoms with Crippen LogP contribution in [0, 0.1) is 5.92 Å². The maximum atomic E-state index is 3.68. The molecular formula is C14H28N2. The first-order chi connectivity index (χ1) is 7.85. The molecule has 2 rings (SSSR count). The summed E-state index contributed by atoms with van der Waals surface area (Å²) in [5, 5.41) is 3.68. The zero-order valence-corrected chi connectivity index (χ0v) is 11.0. The standard InChI is InChI=1S/C14H28N2/c1-3-13(4-2)16-10-7-12(8-11-16)14-6-5-9-15-14/h12-15H,3-11H2,1-2H3. The van der Waals surface area contributed by atoms with E-state index in [-0.39, 0.29) is 0 Å². The highest BCUT2D eigenvalue weighted by molar-refractivity contribution is 4.86. The van der Waals surface area contributed by atoms with Gasteiger partial charge in [0.15, 0.2) is 0 Å². The highest BCUT2D eigenvalue weighted by Gasteiger charge is 2.29. The SMILES string of the molecule is CCC(CC)N1CCC(C2CCCN2)CC1. The van der Waals surface area contributed by atoms with E-state index in [9.17, 15) is 0 Å². The third-order valence-corrected chi connectivity index (χ3v) is 4.70. The van der Waals surface area contributed by atoms with E-state index in [0.717, 1.165) is 18.0 Å². The van der Waals surface area contributed by atoms with Crippen molar-refractivity contribution in [2.75, 3.05) is 19.6 Å². The third kappa shape index (κ3) is 2.78. The van der Waals surface area contributed by atoms with Crippen LogP contribution in [-0.2, 0) is 0 Å². The smallest absolute Gasteiger partial charge is 0.00967 e. The van der Waals surface area contributed by atoms with Crippen LogP contribution in [0.5, 0.6) is 0 Å². The Balaban J connectivity index is 1.77. The van der Waals surface area contributed by atoms with E-state index in [4.69, 9.17) is 0 Å². The molecule has 1 unspecified atom stereocenters. The Bertz CT molecular complexity index is 177. The number of nitrogens with zero attached hydrogens (tertiary/aromatic N) is 1.